The predicted octanol–water partition coefficient (Wildman–Crippen LogP) is 6.75. The molecule has 0 aliphatic heterocycles. The molecule has 2 heteroatoms. The third-order valence-electron chi connectivity index (χ3n) is 6.40. The molecule has 0 saturated carbocycles. The fourth-order valence-electron chi connectivity index (χ4n) is 4.39. The molecule has 2 N–H and O–H groups in total. The molecule has 2 atom stereocenters. The summed E-state index contributed by atoms with van der Waals surface area (Å²) in [7, 11) is 0. The van der Waals surface area contributed by atoms with Gasteiger partial charge in [-0.25, -0.2) is 0 Å². The Morgan fingerprint density at radius 1 is 0.429 bits per heavy atom. The minimum Gasteiger partial charge on any atom is -0.390 e. The van der Waals surface area contributed by atoms with Gasteiger partial charge in [0.25, 0.3) is 0 Å². The molecular weight excluding hydrogens is 344 g/mol. The topological polar surface area (TPSA) is 40.5 Å². The van der Waals surface area contributed by atoms with Crippen molar-refractivity contribution in [3.05, 3.63) is 35.4 Å². The highest BCUT2D eigenvalue weighted by molar-refractivity contribution is 5.22. The molecular formula is C26H44O2. The lowest BCUT2D eigenvalue weighted by Gasteiger charge is -2.17. The maximum atomic E-state index is 10.1. The quantitative estimate of drug-likeness (QED) is 0.516. The zero-order valence-corrected chi connectivity index (χ0v) is 18.1. The summed E-state index contributed by atoms with van der Waals surface area (Å²) >= 11 is 0. The van der Waals surface area contributed by atoms with Crippen molar-refractivity contribution in [1.29, 1.82) is 0 Å². The van der Waals surface area contributed by atoms with Crippen molar-refractivity contribution in [2.75, 3.05) is 0 Å². The van der Waals surface area contributed by atoms with E-state index in [0.29, 0.717) is 0 Å². The molecule has 3 rings (SSSR count). The maximum absolute atomic E-state index is 10.1. The molecule has 0 saturated heterocycles. The minimum atomic E-state index is -0.517. The monoisotopic (exact) mass is 388 g/mol. The van der Waals surface area contributed by atoms with E-state index in [2.05, 4.69) is 24.3 Å². The molecule has 1 aromatic rings. The molecule has 1 aromatic carbocycles. The van der Waals surface area contributed by atoms with E-state index >= 15 is 0 Å². The second-order valence-corrected chi connectivity index (χ2v) is 8.98. The van der Waals surface area contributed by atoms with E-state index in [0.717, 1.165) is 25.7 Å². The van der Waals surface area contributed by atoms with Crippen LogP contribution in [0, 0.1) is 0 Å². The van der Waals surface area contributed by atoms with E-state index in [9.17, 15) is 10.2 Å². The molecule has 28 heavy (non-hydrogen) atoms. The number of aliphatic hydroxyl groups excluding tert-OH is 2. The fourth-order valence-corrected chi connectivity index (χ4v) is 4.39. The van der Waals surface area contributed by atoms with Gasteiger partial charge in [0, 0.05) is 0 Å². The van der Waals surface area contributed by atoms with Crippen LogP contribution in [0.1, 0.15) is 114 Å². The summed E-state index contributed by atoms with van der Waals surface area (Å²) in [6.07, 6.45) is 20.4. The summed E-state index contributed by atoms with van der Waals surface area (Å²) in [5, 5.41) is 20.3. The molecule has 0 aromatic heterocycles. The number of rotatable bonds is 0. The number of aliphatic hydroxyl groups is 2. The van der Waals surface area contributed by atoms with Gasteiger partial charge in [-0.15, -0.1) is 0 Å². The molecule has 0 spiro atoms. The van der Waals surface area contributed by atoms with Gasteiger partial charge in [0.1, 0.15) is 0 Å². The maximum Gasteiger partial charge on any atom is 0.0799 e. The normalized spacial score (nSPS) is 25.8. The molecule has 0 radical (unpaired) electrons. The molecule has 0 amide bonds. The minimum absolute atomic E-state index is 0.517. The van der Waals surface area contributed by atoms with Crippen molar-refractivity contribution < 1.29 is 10.2 Å². The zero-order chi connectivity index (χ0) is 19.9. The third kappa shape index (κ3) is 10.6. The van der Waals surface area contributed by atoms with Crippen molar-refractivity contribution in [2.24, 2.45) is 0 Å². The predicted molar refractivity (Wildman–Crippen MR) is 120 cm³/mol. The van der Waals surface area contributed by atoms with Gasteiger partial charge in [0.2, 0.25) is 0 Å². The van der Waals surface area contributed by atoms with Gasteiger partial charge in [-0.3, -0.25) is 0 Å². The Morgan fingerprint density at radius 2 is 0.714 bits per heavy atom. The Labute approximate surface area is 173 Å². The van der Waals surface area contributed by atoms with Crippen LogP contribution < -0.4 is 0 Å². The second kappa shape index (κ2) is 15.0. The average molecular weight is 389 g/mol. The van der Waals surface area contributed by atoms with Crippen LogP contribution >= 0.6 is 0 Å². The Hall–Kier alpha value is -0.860. The van der Waals surface area contributed by atoms with E-state index in [-0.39, 0.29) is 0 Å². The van der Waals surface area contributed by atoms with Crippen LogP contribution in [0.2, 0.25) is 0 Å². The van der Waals surface area contributed by atoms with Gasteiger partial charge in [0.05, 0.1) is 12.2 Å². The fraction of sp³-hybridized carbons (Fsp3) is 0.769. The summed E-state index contributed by atoms with van der Waals surface area (Å²) in [5.74, 6) is 0. The molecule has 0 heterocycles. The zero-order valence-electron chi connectivity index (χ0n) is 18.1. The molecule has 2 nitrogen and oxygen atoms in total. The van der Waals surface area contributed by atoms with Crippen LogP contribution in [0.3, 0.4) is 0 Å². The second-order valence-electron chi connectivity index (χ2n) is 8.98. The van der Waals surface area contributed by atoms with Crippen molar-refractivity contribution in [2.45, 2.75) is 128 Å². The van der Waals surface area contributed by atoms with E-state index in [4.69, 9.17) is 0 Å². The van der Waals surface area contributed by atoms with Crippen molar-refractivity contribution in [3.8, 4) is 0 Å². The lowest BCUT2D eigenvalue weighted by Crippen LogP contribution is -2.25. The summed E-state index contributed by atoms with van der Waals surface area (Å²) in [5.41, 5.74) is 2.98. The van der Waals surface area contributed by atoms with Gasteiger partial charge >= 0.3 is 0 Å². The van der Waals surface area contributed by atoms with E-state index < -0.39 is 12.2 Å². The Kier molecular flexibility index (Phi) is 12.6. The lowest BCUT2D eigenvalue weighted by molar-refractivity contribution is 0.00711. The first-order valence-corrected chi connectivity index (χ1v) is 12.2. The molecule has 2 aliphatic carbocycles. The van der Waals surface area contributed by atoms with E-state index in [1.807, 2.05) is 0 Å². The third-order valence-corrected chi connectivity index (χ3v) is 6.40. The highest BCUT2D eigenvalue weighted by Gasteiger charge is 2.15. The number of hydrogen-bond acceptors (Lipinski definition) is 2. The van der Waals surface area contributed by atoms with Crippen molar-refractivity contribution in [3.63, 3.8) is 0 Å². The van der Waals surface area contributed by atoms with Gasteiger partial charge in [-0.1, -0.05) is 101 Å². The molecule has 2 unspecified atom stereocenters. The SMILES string of the molecule is OC1CCCCCCCCCc2ccc(cc2)CCCCCCCCCC1O. The van der Waals surface area contributed by atoms with Crippen LogP contribution in [-0.2, 0) is 12.8 Å². The summed E-state index contributed by atoms with van der Waals surface area (Å²) in [4.78, 5) is 0. The van der Waals surface area contributed by atoms with Crippen LogP contribution in [0.25, 0.3) is 0 Å². The van der Waals surface area contributed by atoms with E-state index in [1.54, 1.807) is 0 Å². The lowest BCUT2D eigenvalue weighted by atomic mass is 9.98. The number of aryl methyl sites for hydroxylation is 2. The highest BCUT2D eigenvalue weighted by Crippen LogP contribution is 2.17. The highest BCUT2D eigenvalue weighted by atomic mass is 16.3. The first-order chi connectivity index (χ1) is 13.8. The van der Waals surface area contributed by atoms with Crippen LogP contribution in [-0.4, -0.2) is 22.4 Å². The number of fused-ring (bicyclic) bond motifs is 21. The van der Waals surface area contributed by atoms with Crippen LogP contribution in [0.5, 0.6) is 0 Å². The van der Waals surface area contributed by atoms with Gasteiger partial charge in [0.15, 0.2) is 0 Å². The first-order valence-electron chi connectivity index (χ1n) is 12.2. The first kappa shape index (κ1) is 23.4. The summed E-state index contributed by atoms with van der Waals surface area (Å²) < 4.78 is 0. The number of benzene rings is 1. The standard InChI is InChI=1S/C26H44O2/c27-25-17-13-9-5-1-3-7-11-15-23-19-21-24(22-20-23)16-12-8-4-2-6-10-14-18-26(25)28/h19-22,25-28H,1-18H2. The largest absolute Gasteiger partial charge is 0.390 e. The summed E-state index contributed by atoms with van der Waals surface area (Å²) in [6, 6.07) is 9.36. The smallest absolute Gasteiger partial charge is 0.0799 e. The van der Waals surface area contributed by atoms with Crippen molar-refractivity contribution >= 4 is 0 Å². The van der Waals surface area contributed by atoms with Crippen molar-refractivity contribution in [1.82, 2.24) is 0 Å². The molecule has 2 aliphatic rings. The average Bonchev–Trinajstić information content (AvgIpc) is 2.71. The van der Waals surface area contributed by atoms with E-state index in [1.165, 1.54) is 101 Å². The Balaban J connectivity index is 1.72. The van der Waals surface area contributed by atoms with Crippen LogP contribution in [0.4, 0.5) is 0 Å². The summed E-state index contributed by atoms with van der Waals surface area (Å²) in [6.45, 7) is 0. The Bertz CT molecular complexity index is 437. The number of hydrogen-bond donors (Lipinski definition) is 2. The van der Waals surface area contributed by atoms with Gasteiger partial charge in [-0.2, -0.15) is 0 Å². The Morgan fingerprint density at radius 3 is 1.07 bits per heavy atom. The molecule has 160 valence electrons. The van der Waals surface area contributed by atoms with Gasteiger partial charge in [-0.05, 0) is 49.7 Å². The van der Waals surface area contributed by atoms with Crippen LogP contribution in [0.15, 0.2) is 24.3 Å². The van der Waals surface area contributed by atoms with Gasteiger partial charge < -0.3 is 10.2 Å². The molecule has 0 fully saturated rings. The molecule has 2 bridgehead atoms.